The highest BCUT2D eigenvalue weighted by Gasteiger charge is 2.10. The van der Waals surface area contributed by atoms with Gasteiger partial charge in [-0.2, -0.15) is 0 Å². The van der Waals surface area contributed by atoms with E-state index in [0.29, 0.717) is 6.42 Å². The molecule has 0 saturated carbocycles. The molecule has 0 fully saturated rings. The van der Waals surface area contributed by atoms with Gasteiger partial charge in [0.05, 0.1) is 6.42 Å². The molecule has 2 nitrogen and oxygen atoms in total. The van der Waals surface area contributed by atoms with E-state index in [0.717, 1.165) is 5.56 Å². The largest absolute Gasteiger partial charge is 0.359 e. The highest BCUT2D eigenvalue weighted by atomic mass is 16.1. The second-order valence-corrected chi connectivity index (χ2v) is 4.16. The van der Waals surface area contributed by atoms with Crippen LogP contribution in [0.1, 0.15) is 29.5 Å². The Hall–Kier alpha value is -1.31. The zero-order valence-electron chi connectivity index (χ0n) is 9.18. The van der Waals surface area contributed by atoms with Gasteiger partial charge in [0.15, 0.2) is 0 Å². The molecule has 80 valence electrons. The third-order valence-corrected chi connectivity index (χ3v) is 3.06. The summed E-state index contributed by atoms with van der Waals surface area (Å²) in [6, 6.07) is 6.47. The SMILES string of the molecule is CNC(=O)Cc1ccc2c(c1)CCCC2. The molecule has 0 atom stereocenters. The maximum absolute atomic E-state index is 11.2. The summed E-state index contributed by atoms with van der Waals surface area (Å²) < 4.78 is 0. The molecule has 0 aliphatic heterocycles. The van der Waals surface area contributed by atoms with Crippen molar-refractivity contribution in [2.24, 2.45) is 0 Å². The van der Waals surface area contributed by atoms with Gasteiger partial charge in [0.25, 0.3) is 0 Å². The maximum Gasteiger partial charge on any atom is 0.224 e. The Morgan fingerprint density at radius 2 is 2.00 bits per heavy atom. The molecule has 1 aliphatic rings. The summed E-state index contributed by atoms with van der Waals surface area (Å²) in [5, 5.41) is 2.65. The average molecular weight is 203 g/mol. The summed E-state index contributed by atoms with van der Waals surface area (Å²) in [4.78, 5) is 11.2. The molecule has 1 N–H and O–H groups in total. The van der Waals surface area contributed by atoms with Crippen LogP contribution in [0.15, 0.2) is 18.2 Å². The first-order valence-corrected chi connectivity index (χ1v) is 5.61. The summed E-state index contributed by atoms with van der Waals surface area (Å²) in [7, 11) is 1.68. The van der Waals surface area contributed by atoms with Crippen molar-refractivity contribution < 1.29 is 4.79 Å². The molecule has 2 heteroatoms. The van der Waals surface area contributed by atoms with Gasteiger partial charge in [0, 0.05) is 7.05 Å². The summed E-state index contributed by atoms with van der Waals surface area (Å²) in [6.45, 7) is 0. The molecule has 0 aromatic heterocycles. The number of carbonyl (C=O) groups is 1. The van der Waals surface area contributed by atoms with E-state index < -0.39 is 0 Å². The Kier molecular flexibility index (Phi) is 3.05. The Morgan fingerprint density at radius 1 is 1.27 bits per heavy atom. The smallest absolute Gasteiger partial charge is 0.224 e. The number of nitrogens with one attached hydrogen (secondary N) is 1. The number of hydrogen-bond acceptors (Lipinski definition) is 1. The zero-order valence-corrected chi connectivity index (χ0v) is 9.18. The lowest BCUT2D eigenvalue weighted by atomic mass is 9.90. The van der Waals surface area contributed by atoms with E-state index >= 15 is 0 Å². The maximum atomic E-state index is 11.2. The number of aryl methyl sites for hydroxylation is 2. The highest BCUT2D eigenvalue weighted by molar-refractivity contribution is 5.78. The van der Waals surface area contributed by atoms with Gasteiger partial charge in [0.2, 0.25) is 5.91 Å². The molecule has 0 radical (unpaired) electrons. The van der Waals surface area contributed by atoms with Crippen LogP contribution in [0.25, 0.3) is 0 Å². The van der Waals surface area contributed by atoms with Gasteiger partial charge >= 0.3 is 0 Å². The van der Waals surface area contributed by atoms with Crippen LogP contribution in [0.4, 0.5) is 0 Å². The van der Waals surface area contributed by atoms with Crippen LogP contribution in [0.3, 0.4) is 0 Å². The fraction of sp³-hybridized carbons (Fsp3) is 0.462. The number of carbonyl (C=O) groups excluding carboxylic acids is 1. The second kappa shape index (κ2) is 4.47. The van der Waals surface area contributed by atoms with Crippen LogP contribution in [0.2, 0.25) is 0 Å². The third kappa shape index (κ3) is 2.38. The molecule has 0 bridgehead atoms. The second-order valence-electron chi connectivity index (χ2n) is 4.16. The Labute approximate surface area is 90.7 Å². The van der Waals surface area contributed by atoms with Crippen LogP contribution >= 0.6 is 0 Å². The number of hydrogen-bond donors (Lipinski definition) is 1. The van der Waals surface area contributed by atoms with Crippen molar-refractivity contribution in [2.75, 3.05) is 7.05 Å². The van der Waals surface area contributed by atoms with Crippen molar-refractivity contribution in [3.8, 4) is 0 Å². The normalized spacial score (nSPS) is 14.5. The third-order valence-electron chi connectivity index (χ3n) is 3.06. The van der Waals surface area contributed by atoms with Crippen LogP contribution in [-0.2, 0) is 24.1 Å². The average Bonchev–Trinajstić information content (AvgIpc) is 2.29. The lowest BCUT2D eigenvalue weighted by Crippen LogP contribution is -2.20. The molecule has 15 heavy (non-hydrogen) atoms. The van der Waals surface area contributed by atoms with E-state index in [1.165, 1.54) is 36.8 Å². The van der Waals surface area contributed by atoms with E-state index in [1.54, 1.807) is 7.05 Å². The predicted molar refractivity (Wildman–Crippen MR) is 60.9 cm³/mol. The Bertz CT molecular complexity index is 371. The molecule has 0 unspecified atom stereocenters. The van der Waals surface area contributed by atoms with Gasteiger partial charge in [0.1, 0.15) is 0 Å². The number of likely N-dealkylation sites (N-methyl/N-ethyl adjacent to an activating group) is 1. The molecular weight excluding hydrogens is 186 g/mol. The molecule has 1 aromatic rings. The monoisotopic (exact) mass is 203 g/mol. The summed E-state index contributed by atoms with van der Waals surface area (Å²) in [5.41, 5.74) is 4.06. The Balaban J connectivity index is 2.17. The molecular formula is C13H17NO. The first-order valence-electron chi connectivity index (χ1n) is 5.61. The number of benzene rings is 1. The molecule has 2 rings (SSSR count). The van der Waals surface area contributed by atoms with Gasteiger partial charge in [-0.3, -0.25) is 4.79 Å². The van der Waals surface area contributed by atoms with Crippen LogP contribution in [0.5, 0.6) is 0 Å². The first-order chi connectivity index (χ1) is 7.29. The minimum absolute atomic E-state index is 0.0887. The first kappa shape index (κ1) is 10.2. The van der Waals surface area contributed by atoms with Crippen LogP contribution in [-0.4, -0.2) is 13.0 Å². The minimum atomic E-state index is 0.0887. The van der Waals surface area contributed by atoms with E-state index in [9.17, 15) is 4.79 Å². The van der Waals surface area contributed by atoms with Crippen molar-refractivity contribution in [2.45, 2.75) is 32.1 Å². The van der Waals surface area contributed by atoms with Crippen LogP contribution < -0.4 is 5.32 Å². The highest BCUT2D eigenvalue weighted by Crippen LogP contribution is 2.22. The van der Waals surface area contributed by atoms with Gasteiger partial charge in [-0.1, -0.05) is 18.2 Å². The molecule has 1 aromatic carbocycles. The molecule has 1 aliphatic carbocycles. The van der Waals surface area contributed by atoms with Crippen molar-refractivity contribution in [1.82, 2.24) is 5.32 Å². The van der Waals surface area contributed by atoms with E-state index in [-0.39, 0.29) is 5.91 Å². The number of amides is 1. The molecule has 1 amide bonds. The fourth-order valence-corrected chi connectivity index (χ4v) is 2.17. The number of fused-ring (bicyclic) bond motifs is 1. The summed E-state index contributed by atoms with van der Waals surface area (Å²) in [5.74, 6) is 0.0887. The molecule has 0 heterocycles. The zero-order chi connectivity index (χ0) is 10.7. The summed E-state index contributed by atoms with van der Waals surface area (Å²) >= 11 is 0. The van der Waals surface area contributed by atoms with E-state index in [1.807, 2.05) is 0 Å². The quantitative estimate of drug-likeness (QED) is 0.781. The van der Waals surface area contributed by atoms with E-state index in [4.69, 9.17) is 0 Å². The molecule has 0 spiro atoms. The number of rotatable bonds is 2. The predicted octanol–water partition coefficient (Wildman–Crippen LogP) is 1.85. The van der Waals surface area contributed by atoms with Gasteiger partial charge < -0.3 is 5.32 Å². The lowest BCUT2D eigenvalue weighted by Gasteiger charge is -2.16. The topological polar surface area (TPSA) is 29.1 Å². The fourth-order valence-electron chi connectivity index (χ4n) is 2.17. The van der Waals surface area contributed by atoms with Crippen molar-refractivity contribution in [3.05, 3.63) is 34.9 Å². The van der Waals surface area contributed by atoms with Crippen LogP contribution in [0, 0.1) is 0 Å². The van der Waals surface area contributed by atoms with Crippen molar-refractivity contribution >= 4 is 5.91 Å². The summed E-state index contributed by atoms with van der Waals surface area (Å²) in [6.07, 6.45) is 5.48. The van der Waals surface area contributed by atoms with E-state index in [2.05, 4.69) is 23.5 Å². The van der Waals surface area contributed by atoms with Gasteiger partial charge in [-0.05, 0) is 42.4 Å². The van der Waals surface area contributed by atoms with Crippen molar-refractivity contribution in [1.29, 1.82) is 0 Å². The standard InChI is InChI=1S/C13H17NO/c1-14-13(15)9-10-6-7-11-4-2-3-5-12(11)8-10/h6-8H,2-5,9H2,1H3,(H,14,15). The van der Waals surface area contributed by atoms with Crippen molar-refractivity contribution in [3.63, 3.8) is 0 Å². The minimum Gasteiger partial charge on any atom is -0.359 e. The lowest BCUT2D eigenvalue weighted by molar-refractivity contribution is -0.119. The Morgan fingerprint density at radius 3 is 2.73 bits per heavy atom. The molecule has 0 saturated heterocycles. The van der Waals surface area contributed by atoms with Gasteiger partial charge in [-0.25, -0.2) is 0 Å². The van der Waals surface area contributed by atoms with Gasteiger partial charge in [-0.15, -0.1) is 0 Å².